The monoisotopic (exact) mass is 421 g/mol. The summed E-state index contributed by atoms with van der Waals surface area (Å²) in [4.78, 5) is 14.4. The van der Waals surface area contributed by atoms with Crippen LogP contribution in [-0.4, -0.2) is 10.2 Å². The van der Waals surface area contributed by atoms with E-state index in [9.17, 15) is 9.18 Å². The van der Waals surface area contributed by atoms with Gasteiger partial charge in [-0.05, 0) is 41.5 Å². The minimum atomic E-state index is -0.482. The molecule has 0 atom stereocenters. The number of hydrogen-bond donors (Lipinski definition) is 0. The average Bonchev–Trinajstić information content (AvgIpc) is 3.02. The van der Waals surface area contributed by atoms with Gasteiger partial charge in [-0.15, -0.1) is 0 Å². The maximum absolute atomic E-state index is 14.1. The van der Waals surface area contributed by atoms with Crippen molar-refractivity contribution in [3.8, 4) is 5.75 Å². The predicted molar refractivity (Wildman–Crippen MR) is 119 cm³/mol. The normalized spacial score (nSPS) is 15.2. The van der Waals surface area contributed by atoms with Gasteiger partial charge in [0.15, 0.2) is 4.32 Å². The summed E-state index contributed by atoms with van der Waals surface area (Å²) in [6, 6.07) is 23.5. The van der Waals surface area contributed by atoms with Gasteiger partial charge in [0.05, 0.1) is 10.6 Å². The first-order valence-corrected chi connectivity index (χ1v) is 10.1. The van der Waals surface area contributed by atoms with Gasteiger partial charge in [-0.2, -0.15) is 0 Å². The molecular formula is C23H16FNO2S2. The van der Waals surface area contributed by atoms with Crippen molar-refractivity contribution in [2.45, 2.75) is 6.61 Å². The van der Waals surface area contributed by atoms with Crippen molar-refractivity contribution in [1.29, 1.82) is 0 Å². The number of hydrogen-bond acceptors (Lipinski definition) is 4. The van der Waals surface area contributed by atoms with Crippen molar-refractivity contribution >= 4 is 46.0 Å². The van der Waals surface area contributed by atoms with Gasteiger partial charge in [-0.3, -0.25) is 9.69 Å². The molecule has 0 bridgehead atoms. The van der Waals surface area contributed by atoms with Gasteiger partial charge in [0, 0.05) is 0 Å². The van der Waals surface area contributed by atoms with Gasteiger partial charge in [0.1, 0.15) is 18.2 Å². The lowest BCUT2D eigenvalue weighted by atomic mass is 10.2. The number of thioether (sulfide) groups is 1. The highest BCUT2D eigenvalue weighted by molar-refractivity contribution is 8.27. The number of benzene rings is 3. The van der Waals surface area contributed by atoms with E-state index in [-0.39, 0.29) is 11.6 Å². The van der Waals surface area contributed by atoms with E-state index in [0.29, 0.717) is 15.8 Å². The van der Waals surface area contributed by atoms with Crippen LogP contribution in [0.1, 0.15) is 11.1 Å². The summed E-state index contributed by atoms with van der Waals surface area (Å²) in [7, 11) is 0. The molecule has 3 nitrogen and oxygen atoms in total. The van der Waals surface area contributed by atoms with E-state index in [0.717, 1.165) is 28.6 Å². The fraction of sp³-hybridized carbons (Fsp3) is 0.0435. The molecule has 0 saturated carbocycles. The lowest BCUT2D eigenvalue weighted by Crippen LogP contribution is -2.28. The van der Waals surface area contributed by atoms with Crippen molar-refractivity contribution < 1.29 is 13.9 Å². The second-order valence-electron chi connectivity index (χ2n) is 6.31. The Kier molecular flexibility index (Phi) is 5.74. The van der Waals surface area contributed by atoms with Crippen LogP contribution in [0.3, 0.4) is 0 Å². The Morgan fingerprint density at radius 1 is 0.966 bits per heavy atom. The zero-order valence-electron chi connectivity index (χ0n) is 15.2. The first-order valence-electron chi connectivity index (χ1n) is 8.91. The maximum Gasteiger partial charge on any atom is 0.270 e. The molecule has 1 amide bonds. The van der Waals surface area contributed by atoms with Crippen LogP contribution in [0.2, 0.25) is 0 Å². The van der Waals surface area contributed by atoms with Crippen molar-refractivity contribution in [3.63, 3.8) is 0 Å². The van der Waals surface area contributed by atoms with E-state index in [4.69, 9.17) is 17.0 Å². The number of carbonyl (C=O) groups is 1. The molecule has 0 aliphatic carbocycles. The third-order valence-corrected chi connectivity index (χ3v) is 5.62. The highest BCUT2D eigenvalue weighted by atomic mass is 32.2. The molecule has 1 aliphatic rings. The molecule has 0 N–H and O–H groups in total. The molecule has 3 aromatic carbocycles. The van der Waals surface area contributed by atoms with Crippen molar-refractivity contribution in [3.05, 3.63) is 101 Å². The van der Waals surface area contributed by atoms with E-state index >= 15 is 0 Å². The Hall–Kier alpha value is -2.96. The van der Waals surface area contributed by atoms with Gasteiger partial charge in [-0.1, -0.05) is 78.6 Å². The summed E-state index contributed by atoms with van der Waals surface area (Å²) < 4.78 is 20.2. The van der Waals surface area contributed by atoms with Gasteiger partial charge in [0.2, 0.25) is 0 Å². The summed E-state index contributed by atoms with van der Waals surface area (Å²) in [5.41, 5.74) is 2.10. The molecule has 1 aliphatic heterocycles. The number of amides is 1. The topological polar surface area (TPSA) is 29.5 Å². The summed E-state index contributed by atoms with van der Waals surface area (Å²) in [6.07, 6.45) is 1.75. The number of rotatable bonds is 5. The minimum absolute atomic E-state index is 0.169. The molecule has 4 rings (SSSR count). The first-order chi connectivity index (χ1) is 14.1. The van der Waals surface area contributed by atoms with Crippen molar-refractivity contribution in [1.82, 2.24) is 0 Å². The van der Waals surface area contributed by atoms with Crippen LogP contribution in [0.5, 0.6) is 5.75 Å². The van der Waals surface area contributed by atoms with Crippen LogP contribution in [0, 0.1) is 5.82 Å². The molecule has 1 fully saturated rings. The number of para-hydroxylation sites is 1. The summed E-state index contributed by atoms with van der Waals surface area (Å²) in [5, 5.41) is 0. The molecule has 29 heavy (non-hydrogen) atoms. The second-order valence-corrected chi connectivity index (χ2v) is 7.99. The third kappa shape index (κ3) is 4.39. The Bertz CT molecular complexity index is 1080. The number of anilines is 1. The van der Waals surface area contributed by atoms with E-state index in [1.165, 1.54) is 11.0 Å². The van der Waals surface area contributed by atoms with Crippen molar-refractivity contribution in [2.24, 2.45) is 0 Å². The SMILES string of the molecule is O=C1/C(=C/c2ccc(OCc3ccccc3)cc2)SC(=S)N1c1ccccc1F. The van der Waals surface area contributed by atoms with E-state index in [1.54, 1.807) is 24.3 Å². The van der Waals surface area contributed by atoms with E-state index in [2.05, 4.69) is 0 Å². The lowest BCUT2D eigenvalue weighted by Gasteiger charge is -2.14. The Balaban J connectivity index is 1.47. The van der Waals surface area contributed by atoms with E-state index in [1.807, 2.05) is 54.6 Å². The summed E-state index contributed by atoms with van der Waals surface area (Å²) in [5.74, 6) is -0.0654. The number of halogens is 1. The molecule has 3 aromatic rings. The quantitative estimate of drug-likeness (QED) is 0.384. The molecule has 1 saturated heterocycles. The van der Waals surface area contributed by atoms with Crippen LogP contribution in [0.4, 0.5) is 10.1 Å². The average molecular weight is 422 g/mol. The zero-order chi connectivity index (χ0) is 20.2. The summed E-state index contributed by atoms with van der Waals surface area (Å²) in [6.45, 7) is 0.488. The standard InChI is InChI=1S/C23H16FNO2S2/c24-19-8-4-5-9-20(19)25-22(26)21(29-23(25)28)14-16-10-12-18(13-11-16)27-15-17-6-2-1-3-7-17/h1-14H,15H2/b21-14-. The van der Waals surface area contributed by atoms with Crippen LogP contribution in [-0.2, 0) is 11.4 Å². The van der Waals surface area contributed by atoms with E-state index < -0.39 is 5.82 Å². The highest BCUT2D eigenvalue weighted by Crippen LogP contribution is 2.37. The highest BCUT2D eigenvalue weighted by Gasteiger charge is 2.34. The Morgan fingerprint density at radius 2 is 1.66 bits per heavy atom. The van der Waals surface area contributed by atoms with Gasteiger partial charge in [0.25, 0.3) is 5.91 Å². The molecule has 1 heterocycles. The van der Waals surface area contributed by atoms with Crippen LogP contribution in [0.25, 0.3) is 6.08 Å². The molecule has 0 aromatic heterocycles. The molecule has 0 spiro atoms. The Morgan fingerprint density at radius 3 is 2.38 bits per heavy atom. The third-order valence-electron chi connectivity index (χ3n) is 4.31. The lowest BCUT2D eigenvalue weighted by molar-refractivity contribution is -0.113. The van der Waals surface area contributed by atoms with Crippen molar-refractivity contribution in [2.75, 3.05) is 4.90 Å². The molecule has 0 radical (unpaired) electrons. The minimum Gasteiger partial charge on any atom is -0.489 e. The molecular weight excluding hydrogens is 405 g/mol. The molecule has 144 valence electrons. The zero-order valence-corrected chi connectivity index (χ0v) is 16.9. The summed E-state index contributed by atoms with van der Waals surface area (Å²) >= 11 is 6.46. The van der Waals surface area contributed by atoms with Gasteiger partial charge >= 0.3 is 0 Å². The maximum atomic E-state index is 14.1. The smallest absolute Gasteiger partial charge is 0.270 e. The largest absolute Gasteiger partial charge is 0.489 e. The molecule has 6 heteroatoms. The van der Waals surface area contributed by atoms with Crippen LogP contribution < -0.4 is 9.64 Å². The number of carbonyl (C=O) groups excluding carboxylic acids is 1. The number of thiocarbonyl (C=S) groups is 1. The van der Waals surface area contributed by atoms with Gasteiger partial charge in [-0.25, -0.2) is 4.39 Å². The van der Waals surface area contributed by atoms with Gasteiger partial charge < -0.3 is 4.74 Å². The van der Waals surface area contributed by atoms with Crippen LogP contribution in [0.15, 0.2) is 83.8 Å². The number of ether oxygens (including phenoxy) is 1. The second kappa shape index (κ2) is 8.59. The predicted octanol–water partition coefficient (Wildman–Crippen LogP) is 5.81. The van der Waals surface area contributed by atoms with Crippen LogP contribution >= 0.6 is 24.0 Å². The Labute approximate surface area is 177 Å². The number of nitrogens with zero attached hydrogens (tertiary/aromatic N) is 1. The fourth-order valence-corrected chi connectivity index (χ4v) is 4.15. The molecule has 0 unspecified atom stereocenters. The fourth-order valence-electron chi connectivity index (χ4n) is 2.86. The first kappa shape index (κ1) is 19.4.